The zero-order valence-corrected chi connectivity index (χ0v) is 11.2. The molecule has 2 aromatic rings. The molecule has 0 amide bonds. The summed E-state index contributed by atoms with van der Waals surface area (Å²) >= 11 is 5.82. The quantitative estimate of drug-likeness (QED) is 0.903. The van der Waals surface area contributed by atoms with Crippen LogP contribution in [0.25, 0.3) is 0 Å². The molecule has 0 bridgehead atoms. The smallest absolute Gasteiger partial charge is 0.129 e. The van der Waals surface area contributed by atoms with Crippen LogP contribution < -0.4 is 5.73 Å². The van der Waals surface area contributed by atoms with Gasteiger partial charge in [-0.3, -0.25) is 0 Å². The van der Waals surface area contributed by atoms with Gasteiger partial charge in [-0.25, -0.2) is 8.78 Å². The van der Waals surface area contributed by atoms with Gasteiger partial charge in [0.2, 0.25) is 0 Å². The first-order valence-electron chi connectivity index (χ1n) is 5.87. The molecule has 100 valence electrons. The molecule has 1 atom stereocenters. The van der Waals surface area contributed by atoms with Crippen LogP contribution in [-0.2, 0) is 12.0 Å². The third kappa shape index (κ3) is 3.31. The fourth-order valence-corrected chi connectivity index (χ4v) is 2.12. The van der Waals surface area contributed by atoms with E-state index in [0.29, 0.717) is 10.6 Å². The lowest BCUT2D eigenvalue weighted by Gasteiger charge is -2.25. The molecule has 4 heteroatoms. The summed E-state index contributed by atoms with van der Waals surface area (Å²) in [6, 6.07) is 10.6. The van der Waals surface area contributed by atoms with E-state index in [1.807, 2.05) is 12.1 Å². The fourth-order valence-electron chi connectivity index (χ4n) is 1.99. The van der Waals surface area contributed by atoms with E-state index in [1.165, 1.54) is 12.1 Å². The molecular formula is C15H14ClF2N. The van der Waals surface area contributed by atoms with E-state index in [1.54, 1.807) is 19.1 Å². The van der Waals surface area contributed by atoms with Crippen LogP contribution in [0.4, 0.5) is 8.78 Å². The molecule has 0 aliphatic carbocycles. The molecule has 0 saturated heterocycles. The van der Waals surface area contributed by atoms with E-state index in [0.717, 1.165) is 11.6 Å². The van der Waals surface area contributed by atoms with Crippen LogP contribution in [-0.4, -0.2) is 0 Å². The molecule has 0 aliphatic heterocycles. The second kappa shape index (κ2) is 5.27. The number of benzene rings is 2. The highest BCUT2D eigenvalue weighted by molar-refractivity contribution is 6.30. The highest BCUT2D eigenvalue weighted by Crippen LogP contribution is 2.25. The molecule has 0 aliphatic rings. The number of hydrogen-bond acceptors (Lipinski definition) is 1. The summed E-state index contributed by atoms with van der Waals surface area (Å²) in [4.78, 5) is 0. The average molecular weight is 282 g/mol. The predicted octanol–water partition coefficient (Wildman–Crippen LogP) is 4.03. The second-order valence-electron chi connectivity index (χ2n) is 4.84. The van der Waals surface area contributed by atoms with Crippen molar-refractivity contribution in [2.45, 2.75) is 18.9 Å². The van der Waals surface area contributed by atoms with Crippen LogP contribution in [0.1, 0.15) is 18.1 Å². The van der Waals surface area contributed by atoms with Gasteiger partial charge in [-0.1, -0.05) is 29.8 Å². The van der Waals surface area contributed by atoms with E-state index >= 15 is 0 Å². The third-order valence-corrected chi connectivity index (χ3v) is 3.33. The number of nitrogens with two attached hydrogens (primary N) is 1. The van der Waals surface area contributed by atoms with Crippen molar-refractivity contribution in [3.8, 4) is 0 Å². The van der Waals surface area contributed by atoms with Gasteiger partial charge in [0, 0.05) is 16.6 Å². The van der Waals surface area contributed by atoms with E-state index in [-0.39, 0.29) is 6.42 Å². The zero-order valence-electron chi connectivity index (χ0n) is 10.5. The Morgan fingerprint density at radius 3 is 2.32 bits per heavy atom. The Hall–Kier alpha value is -1.45. The van der Waals surface area contributed by atoms with Gasteiger partial charge in [-0.05, 0) is 42.7 Å². The van der Waals surface area contributed by atoms with Gasteiger partial charge in [0.1, 0.15) is 11.6 Å². The van der Waals surface area contributed by atoms with Crippen LogP contribution in [0.15, 0.2) is 42.5 Å². The molecule has 2 aromatic carbocycles. The maximum atomic E-state index is 13.6. The van der Waals surface area contributed by atoms with Gasteiger partial charge < -0.3 is 5.73 Å². The van der Waals surface area contributed by atoms with E-state index in [2.05, 4.69) is 0 Å². The van der Waals surface area contributed by atoms with Gasteiger partial charge in [0.15, 0.2) is 0 Å². The standard InChI is InChI=1S/C15H14ClF2N/c1-15(19,11-3-5-12(16)6-4-11)9-10-2-7-13(17)8-14(10)18/h2-8H,9,19H2,1H3. The Balaban J connectivity index is 2.27. The molecule has 2 rings (SSSR count). The molecule has 0 heterocycles. The van der Waals surface area contributed by atoms with Crippen molar-refractivity contribution in [3.05, 3.63) is 70.2 Å². The second-order valence-corrected chi connectivity index (χ2v) is 5.27. The van der Waals surface area contributed by atoms with Crippen molar-refractivity contribution in [3.63, 3.8) is 0 Å². The normalized spacial score (nSPS) is 14.2. The van der Waals surface area contributed by atoms with E-state index in [4.69, 9.17) is 17.3 Å². The first-order valence-corrected chi connectivity index (χ1v) is 6.25. The fraction of sp³-hybridized carbons (Fsp3) is 0.200. The van der Waals surface area contributed by atoms with Gasteiger partial charge >= 0.3 is 0 Å². The molecule has 0 fully saturated rings. The maximum absolute atomic E-state index is 13.6. The van der Waals surface area contributed by atoms with Crippen molar-refractivity contribution < 1.29 is 8.78 Å². The number of halogens is 3. The average Bonchev–Trinajstić information content (AvgIpc) is 2.33. The van der Waals surface area contributed by atoms with Gasteiger partial charge in [-0.15, -0.1) is 0 Å². The highest BCUT2D eigenvalue weighted by Gasteiger charge is 2.23. The van der Waals surface area contributed by atoms with Crippen molar-refractivity contribution in [1.82, 2.24) is 0 Å². The first kappa shape index (κ1) is 14.0. The molecular weight excluding hydrogens is 268 g/mol. The van der Waals surface area contributed by atoms with Crippen molar-refractivity contribution >= 4 is 11.6 Å². The summed E-state index contributed by atoms with van der Waals surface area (Å²) in [5.41, 5.74) is 6.71. The first-order chi connectivity index (χ1) is 8.88. The SMILES string of the molecule is CC(N)(Cc1ccc(F)cc1F)c1ccc(Cl)cc1. The molecule has 0 aromatic heterocycles. The van der Waals surface area contributed by atoms with Crippen LogP contribution in [0.3, 0.4) is 0 Å². The molecule has 1 nitrogen and oxygen atoms in total. The Labute approximate surface area is 116 Å². The van der Waals surface area contributed by atoms with Crippen LogP contribution in [0.5, 0.6) is 0 Å². The minimum absolute atomic E-state index is 0.279. The summed E-state index contributed by atoms with van der Waals surface area (Å²) in [5.74, 6) is -1.17. The number of hydrogen-bond donors (Lipinski definition) is 1. The van der Waals surface area contributed by atoms with Gasteiger partial charge in [0.25, 0.3) is 0 Å². The van der Waals surface area contributed by atoms with E-state index < -0.39 is 17.2 Å². The minimum Gasteiger partial charge on any atom is -0.321 e. The van der Waals surface area contributed by atoms with Crippen LogP contribution in [0, 0.1) is 11.6 Å². The van der Waals surface area contributed by atoms with Crippen molar-refractivity contribution in [2.24, 2.45) is 5.73 Å². The summed E-state index contributed by atoms with van der Waals surface area (Å²) in [6.45, 7) is 1.80. The largest absolute Gasteiger partial charge is 0.321 e. The summed E-state index contributed by atoms with van der Waals surface area (Å²) in [7, 11) is 0. The monoisotopic (exact) mass is 281 g/mol. The van der Waals surface area contributed by atoms with Crippen molar-refractivity contribution in [1.29, 1.82) is 0 Å². The van der Waals surface area contributed by atoms with Crippen molar-refractivity contribution in [2.75, 3.05) is 0 Å². The Bertz CT molecular complexity index is 579. The summed E-state index contributed by atoms with van der Waals surface area (Å²) in [5, 5.41) is 0.618. The lowest BCUT2D eigenvalue weighted by Crippen LogP contribution is -2.35. The van der Waals surface area contributed by atoms with Crippen LogP contribution in [0.2, 0.25) is 5.02 Å². The van der Waals surface area contributed by atoms with Gasteiger partial charge in [-0.2, -0.15) is 0 Å². The zero-order chi connectivity index (χ0) is 14.0. The molecule has 0 spiro atoms. The number of rotatable bonds is 3. The summed E-state index contributed by atoms with van der Waals surface area (Å²) in [6.07, 6.45) is 0.279. The lowest BCUT2D eigenvalue weighted by atomic mass is 9.86. The summed E-state index contributed by atoms with van der Waals surface area (Å²) < 4.78 is 26.5. The predicted molar refractivity (Wildman–Crippen MR) is 73.1 cm³/mol. The van der Waals surface area contributed by atoms with Crippen LogP contribution >= 0.6 is 11.6 Å². The van der Waals surface area contributed by atoms with E-state index in [9.17, 15) is 8.78 Å². The minimum atomic E-state index is -0.747. The highest BCUT2D eigenvalue weighted by atomic mass is 35.5. The molecule has 2 N–H and O–H groups in total. The molecule has 0 saturated carbocycles. The topological polar surface area (TPSA) is 26.0 Å². The molecule has 19 heavy (non-hydrogen) atoms. The third-order valence-electron chi connectivity index (χ3n) is 3.08. The molecule has 1 unspecified atom stereocenters. The maximum Gasteiger partial charge on any atom is 0.129 e. The molecule has 0 radical (unpaired) electrons. The Kier molecular flexibility index (Phi) is 3.88. The lowest BCUT2D eigenvalue weighted by molar-refractivity contribution is 0.472. The Morgan fingerprint density at radius 1 is 1.11 bits per heavy atom. The Morgan fingerprint density at radius 2 is 1.74 bits per heavy atom. The van der Waals surface area contributed by atoms with Gasteiger partial charge in [0.05, 0.1) is 0 Å².